The quantitative estimate of drug-likeness (QED) is 0.600. The zero-order chi connectivity index (χ0) is 17.4. The molecule has 2 aromatic rings. The predicted molar refractivity (Wildman–Crippen MR) is 87.4 cm³/mol. The van der Waals surface area contributed by atoms with Gasteiger partial charge < -0.3 is 14.2 Å². The summed E-state index contributed by atoms with van der Waals surface area (Å²) in [7, 11) is 2.55. The van der Waals surface area contributed by atoms with Gasteiger partial charge in [-0.3, -0.25) is 0 Å². The molecule has 0 amide bonds. The monoisotopic (exact) mass is 327 g/mol. The molecule has 124 valence electrons. The molecule has 0 saturated carbocycles. The van der Waals surface area contributed by atoms with Crippen LogP contribution in [0, 0.1) is 0 Å². The van der Waals surface area contributed by atoms with E-state index in [1.165, 1.54) is 38.6 Å². The molecular formula is C18H17NO5. The maximum Gasteiger partial charge on any atom is 0.338 e. The highest BCUT2D eigenvalue weighted by Crippen LogP contribution is 2.18. The standard InChI is InChI=1S/C18H17NO5/c1-22-17(20)9-8-14-11-19-16(10-15(14)18(21)23-2)24-12-13-6-4-3-5-7-13/h3-11H,12H2,1-2H3. The molecule has 0 bridgehead atoms. The van der Waals surface area contributed by atoms with Crippen molar-refractivity contribution in [3.63, 3.8) is 0 Å². The molecule has 0 aliphatic heterocycles. The number of nitrogens with zero attached hydrogens (tertiary/aromatic N) is 1. The molecule has 0 atom stereocenters. The SMILES string of the molecule is COC(=O)C=Cc1cnc(OCc2ccccc2)cc1C(=O)OC. The average Bonchev–Trinajstić information content (AvgIpc) is 2.64. The summed E-state index contributed by atoms with van der Waals surface area (Å²) >= 11 is 0. The highest BCUT2D eigenvalue weighted by atomic mass is 16.5. The molecule has 6 heteroatoms. The summed E-state index contributed by atoms with van der Waals surface area (Å²) < 4.78 is 14.9. The summed E-state index contributed by atoms with van der Waals surface area (Å²) in [5.74, 6) is -0.795. The number of ether oxygens (including phenoxy) is 3. The van der Waals surface area contributed by atoms with Crippen LogP contribution in [-0.4, -0.2) is 31.1 Å². The Balaban J connectivity index is 2.20. The Morgan fingerprint density at radius 2 is 1.88 bits per heavy atom. The summed E-state index contributed by atoms with van der Waals surface area (Å²) in [6.07, 6.45) is 4.08. The average molecular weight is 327 g/mol. The molecule has 0 radical (unpaired) electrons. The third kappa shape index (κ3) is 4.67. The lowest BCUT2D eigenvalue weighted by molar-refractivity contribution is -0.134. The van der Waals surface area contributed by atoms with E-state index in [9.17, 15) is 9.59 Å². The van der Waals surface area contributed by atoms with E-state index in [-0.39, 0.29) is 11.4 Å². The molecule has 1 heterocycles. The minimum Gasteiger partial charge on any atom is -0.473 e. The van der Waals surface area contributed by atoms with Gasteiger partial charge in [-0.25, -0.2) is 14.6 Å². The normalized spacial score (nSPS) is 10.4. The number of aromatic nitrogens is 1. The van der Waals surface area contributed by atoms with Crippen LogP contribution in [0.25, 0.3) is 6.08 Å². The molecule has 1 aromatic carbocycles. The molecule has 6 nitrogen and oxygen atoms in total. The largest absolute Gasteiger partial charge is 0.473 e. The van der Waals surface area contributed by atoms with Gasteiger partial charge in [0.05, 0.1) is 19.8 Å². The first kappa shape index (κ1) is 17.2. The van der Waals surface area contributed by atoms with Crippen molar-refractivity contribution in [3.8, 4) is 5.88 Å². The Bertz CT molecular complexity index is 740. The Kier molecular flexibility index (Phi) is 6.08. The fourth-order valence-electron chi connectivity index (χ4n) is 1.90. The number of benzene rings is 1. The Morgan fingerprint density at radius 1 is 1.12 bits per heavy atom. The van der Waals surface area contributed by atoms with Crippen LogP contribution >= 0.6 is 0 Å². The Labute approximate surface area is 139 Å². The van der Waals surface area contributed by atoms with E-state index in [0.29, 0.717) is 12.2 Å². The molecular weight excluding hydrogens is 310 g/mol. The smallest absolute Gasteiger partial charge is 0.338 e. The summed E-state index contributed by atoms with van der Waals surface area (Å²) in [5, 5.41) is 0. The van der Waals surface area contributed by atoms with Gasteiger partial charge in [0.15, 0.2) is 0 Å². The lowest BCUT2D eigenvalue weighted by Crippen LogP contribution is -2.06. The number of rotatable bonds is 6. The number of methoxy groups -OCH3 is 2. The first-order valence-corrected chi connectivity index (χ1v) is 7.15. The van der Waals surface area contributed by atoms with E-state index in [1.54, 1.807) is 0 Å². The van der Waals surface area contributed by atoms with Crippen molar-refractivity contribution in [3.05, 3.63) is 65.4 Å². The molecule has 0 saturated heterocycles. The zero-order valence-electron chi connectivity index (χ0n) is 13.4. The highest BCUT2D eigenvalue weighted by Gasteiger charge is 2.13. The lowest BCUT2D eigenvalue weighted by Gasteiger charge is -2.09. The van der Waals surface area contributed by atoms with Gasteiger partial charge in [0.25, 0.3) is 0 Å². The third-order valence-electron chi connectivity index (χ3n) is 3.14. The number of carbonyl (C=O) groups excluding carboxylic acids is 2. The van der Waals surface area contributed by atoms with Crippen molar-refractivity contribution in [2.24, 2.45) is 0 Å². The third-order valence-corrected chi connectivity index (χ3v) is 3.14. The van der Waals surface area contributed by atoms with Crippen LogP contribution in [0.5, 0.6) is 5.88 Å². The number of pyridine rings is 1. The van der Waals surface area contributed by atoms with Crippen molar-refractivity contribution < 1.29 is 23.8 Å². The minimum atomic E-state index is -0.550. The second kappa shape index (κ2) is 8.47. The summed E-state index contributed by atoms with van der Waals surface area (Å²) in [6, 6.07) is 11.1. The molecule has 24 heavy (non-hydrogen) atoms. The zero-order valence-corrected chi connectivity index (χ0v) is 13.4. The van der Waals surface area contributed by atoms with Gasteiger partial charge in [-0.15, -0.1) is 0 Å². The van der Waals surface area contributed by atoms with Crippen molar-refractivity contribution >= 4 is 18.0 Å². The molecule has 1 aromatic heterocycles. The van der Waals surface area contributed by atoms with Gasteiger partial charge in [0.2, 0.25) is 5.88 Å². The van der Waals surface area contributed by atoms with E-state index in [1.807, 2.05) is 30.3 Å². The van der Waals surface area contributed by atoms with Crippen LogP contribution in [-0.2, 0) is 20.9 Å². The van der Waals surface area contributed by atoms with Gasteiger partial charge in [0, 0.05) is 23.9 Å². The van der Waals surface area contributed by atoms with E-state index >= 15 is 0 Å². The number of carbonyl (C=O) groups is 2. The molecule has 0 aliphatic rings. The van der Waals surface area contributed by atoms with Gasteiger partial charge in [-0.05, 0) is 11.6 Å². The van der Waals surface area contributed by atoms with E-state index in [0.717, 1.165) is 5.56 Å². The van der Waals surface area contributed by atoms with Gasteiger partial charge in [-0.2, -0.15) is 0 Å². The van der Waals surface area contributed by atoms with E-state index in [4.69, 9.17) is 9.47 Å². The van der Waals surface area contributed by atoms with Crippen molar-refractivity contribution in [2.75, 3.05) is 14.2 Å². The topological polar surface area (TPSA) is 74.7 Å². The first-order valence-electron chi connectivity index (χ1n) is 7.15. The van der Waals surface area contributed by atoms with Crippen molar-refractivity contribution in [1.82, 2.24) is 4.98 Å². The Hall–Kier alpha value is -3.15. The molecule has 0 unspecified atom stereocenters. The van der Waals surface area contributed by atoms with E-state index in [2.05, 4.69) is 9.72 Å². The molecule has 0 N–H and O–H groups in total. The molecule has 2 rings (SSSR count). The molecule has 0 aliphatic carbocycles. The summed E-state index contributed by atoms with van der Waals surface area (Å²) in [6.45, 7) is 0.325. The van der Waals surface area contributed by atoms with Gasteiger partial charge in [0.1, 0.15) is 6.61 Å². The fourth-order valence-corrected chi connectivity index (χ4v) is 1.90. The van der Waals surface area contributed by atoms with Crippen LogP contribution in [0.15, 0.2) is 48.7 Å². The minimum absolute atomic E-state index is 0.246. The highest BCUT2D eigenvalue weighted by molar-refractivity contribution is 5.95. The van der Waals surface area contributed by atoms with Crippen molar-refractivity contribution in [1.29, 1.82) is 0 Å². The van der Waals surface area contributed by atoms with Crippen molar-refractivity contribution in [2.45, 2.75) is 6.61 Å². The molecule has 0 spiro atoms. The van der Waals surface area contributed by atoms with Crippen LogP contribution in [0.4, 0.5) is 0 Å². The maximum atomic E-state index is 11.9. The number of hydrogen-bond donors (Lipinski definition) is 0. The maximum absolute atomic E-state index is 11.9. The van der Waals surface area contributed by atoms with Gasteiger partial charge >= 0.3 is 11.9 Å². The second-order valence-electron chi connectivity index (χ2n) is 4.73. The molecule has 0 fully saturated rings. The van der Waals surface area contributed by atoms with Gasteiger partial charge in [-0.1, -0.05) is 30.3 Å². The van der Waals surface area contributed by atoms with Crippen LogP contribution in [0.1, 0.15) is 21.5 Å². The van der Waals surface area contributed by atoms with Crippen LogP contribution in [0.3, 0.4) is 0 Å². The fraction of sp³-hybridized carbons (Fsp3) is 0.167. The first-order chi connectivity index (χ1) is 11.6. The van der Waals surface area contributed by atoms with Crippen LogP contribution < -0.4 is 4.74 Å². The number of esters is 2. The lowest BCUT2D eigenvalue weighted by atomic mass is 10.1. The van der Waals surface area contributed by atoms with Crippen LogP contribution in [0.2, 0.25) is 0 Å². The Morgan fingerprint density at radius 3 is 2.54 bits per heavy atom. The summed E-state index contributed by atoms with van der Waals surface area (Å²) in [5.41, 5.74) is 1.66. The summed E-state index contributed by atoms with van der Waals surface area (Å²) in [4.78, 5) is 27.3. The second-order valence-corrected chi connectivity index (χ2v) is 4.73. The number of hydrogen-bond acceptors (Lipinski definition) is 6. The van der Waals surface area contributed by atoms with E-state index < -0.39 is 11.9 Å². The predicted octanol–water partition coefficient (Wildman–Crippen LogP) is 2.63.